The summed E-state index contributed by atoms with van der Waals surface area (Å²) in [6.07, 6.45) is -0.420. The molecule has 1 aromatic rings. The zero-order valence-electron chi connectivity index (χ0n) is 14.6. The highest BCUT2D eigenvalue weighted by Crippen LogP contribution is 2.28. The zero-order chi connectivity index (χ0) is 19.6. The molecule has 0 aromatic heterocycles. The van der Waals surface area contributed by atoms with Crippen LogP contribution in [-0.4, -0.2) is 59.8 Å². The fourth-order valence-electron chi connectivity index (χ4n) is 2.81. The maximum atomic E-state index is 12.1. The van der Waals surface area contributed by atoms with Gasteiger partial charge in [-0.15, -0.1) is 0 Å². The number of benzene rings is 1. The number of hydrogen-bond acceptors (Lipinski definition) is 7. The molecule has 0 spiro atoms. The number of hydrogen-bond donors (Lipinski definition) is 4. The number of halogens is 1. The number of aliphatic hydroxyl groups excluding tert-OH is 1. The third-order valence-electron chi connectivity index (χ3n) is 4.20. The van der Waals surface area contributed by atoms with Gasteiger partial charge in [0, 0.05) is 16.3 Å². The van der Waals surface area contributed by atoms with Crippen LogP contribution in [0.5, 0.6) is 0 Å². The summed E-state index contributed by atoms with van der Waals surface area (Å²) < 4.78 is 4.94. The molecule has 2 atom stereocenters. The topological polar surface area (TPSA) is 129 Å². The number of carbonyl (C=O) groups is 2. The van der Waals surface area contributed by atoms with Crippen molar-refractivity contribution >= 4 is 40.8 Å². The van der Waals surface area contributed by atoms with Gasteiger partial charge in [0.25, 0.3) is 0 Å². The smallest absolute Gasteiger partial charge is 0.407 e. The van der Waals surface area contributed by atoms with Crippen LogP contribution < -0.4 is 16.4 Å². The first-order valence-corrected chi connectivity index (χ1v) is 8.69. The Morgan fingerprint density at radius 2 is 2.33 bits per heavy atom. The van der Waals surface area contributed by atoms with Crippen molar-refractivity contribution in [3.05, 3.63) is 34.9 Å². The lowest BCUT2D eigenvalue weighted by atomic mass is 10.1. The van der Waals surface area contributed by atoms with E-state index in [0.717, 1.165) is 0 Å². The van der Waals surface area contributed by atoms with E-state index in [2.05, 4.69) is 15.6 Å². The highest BCUT2D eigenvalue weighted by molar-refractivity contribution is 6.31. The second-order valence-corrected chi connectivity index (χ2v) is 6.63. The van der Waals surface area contributed by atoms with Gasteiger partial charge in [-0.3, -0.25) is 4.79 Å². The van der Waals surface area contributed by atoms with E-state index < -0.39 is 18.4 Å². The Labute approximate surface area is 160 Å². The van der Waals surface area contributed by atoms with E-state index in [1.54, 1.807) is 25.1 Å². The fourth-order valence-corrected chi connectivity index (χ4v) is 2.99. The molecule has 2 aliphatic rings. The number of aliphatic hydroxyl groups is 1. The normalized spacial score (nSPS) is 21.9. The Hall–Kier alpha value is -2.78. The number of amides is 2. The van der Waals surface area contributed by atoms with Crippen molar-refractivity contribution in [2.24, 2.45) is 4.99 Å². The third kappa shape index (κ3) is 4.50. The van der Waals surface area contributed by atoms with E-state index in [4.69, 9.17) is 22.1 Å². The van der Waals surface area contributed by atoms with Gasteiger partial charge in [0.1, 0.15) is 24.7 Å². The Bertz CT molecular complexity index is 826. The lowest BCUT2D eigenvalue weighted by Gasteiger charge is -2.31. The summed E-state index contributed by atoms with van der Waals surface area (Å²) in [4.78, 5) is 29.0. The van der Waals surface area contributed by atoms with Crippen molar-refractivity contribution in [2.75, 3.05) is 25.4 Å². The Morgan fingerprint density at radius 3 is 2.96 bits per heavy atom. The minimum atomic E-state index is -1.04. The second kappa shape index (κ2) is 7.85. The molecule has 0 bridgehead atoms. The van der Waals surface area contributed by atoms with Crippen LogP contribution in [-0.2, 0) is 9.53 Å². The molecule has 1 saturated heterocycles. The molecule has 5 N–H and O–H groups in total. The van der Waals surface area contributed by atoms with Gasteiger partial charge in [0.15, 0.2) is 0 Å². The van der Waals surface area contributed by atoms with Gasteiger partial charge in [-0.05, 0) is 31.2 Å². The molecule has 9 nitrogen and oxygen atoms in total. The molecule has 144 valence electrons. The van der Waals surface area contributed by atoms with Gasteiger partial charge >= 0.3 is 6.09 Å². The van der Waals surface area contributed by atoms with Gasteiger partial charge in [0.2, 0.25) is 5.91 Å². The van der Waals surface area contributed by atoms with Gasteiger partial charge in [-0.1, -0.05) is 11.6 Å². The molecule has 3 rings (SSSR count). The molecule has 1 aromatic carbocycles. The van der Waals surface area contributed by atoms with Crippen LogP contribution in [0.25, 0.3) is 5.70 Å². The maximum absolute atomic E-state index is 12.1. The number of nitrogens with two attached hydrogens (primary N) is 1. The van der Waals surface area contributed by atoms with Crippen LogP contribution in [0.4, 0.5) is 10.5 Å². The average Bonchev–Trinajstić information content (AvgIpc) is 3.01. The summed E-state index contributed by atoms with van der Waals surface area (Å²) in [5, 5.41) is 16.1. The van der Waals surface area contributed by atoms with Gasteiger partial charge < -0.3 is 31.1 Å². The number of nitrogen functional groups attached to an aromatic ring is 1. The van der Waals surface area contributed by atoms with Crippen LogP contribution in [0, 0.1) is 0 Å². The van der Waals surface area contributed by atoms with Gasteiger partial charge in [-0.2, -0.15) is 0 Å². The number of amidine groups is 1. The van der Waals surface area contributed by atoms with Crippen molar-refractivity contribution in [1.82, 2.24) is 15.5 Å². The third-order valence-corrected chi connectivity index (χ3v) is 4.44. The van der Waals surface area contributed by atoms with E-state index in [9.17, 15) is 14.7 Å². The monoisotopic (exact) mass is 393 g/mol. The van der Waals surface area contributed by atoms with Crippen LogP contribution >= 0.6 is 11.6 Å². The van der Waals surface area contributed by atoms with Crippen molar-refractivity contribution in [2.45, 2.75) is 19.3 Å². The second-order valence-electron chi connectivity index (χ2n) is 6.20. The largest absolute Gasteiger partial charge is 0.442 e. The number of alkyl carbamates (subject to hydrolysis) is 1. The summed E-state index contributed by atoms with van der Waals surface area (Å²) in [5.74, 6) is 0.146. The van der Waals surface area contributed by atoms with E-state index in [0.29, 0.717) is 34.4 Å². The highest BCUT2D eigenvalue weighted by atomic mass is 35.5. The SMILES string of the molecule is CC1=NC(c2ccc(Cl)cc2N)=CC(O)N1CC(=O)NCC1CNC(=O)O1. The zero-order valence-corrected chi connectivity index (χ0v) is 15.4. The van der Waals surface area contributed by atoms with E-state index in [1.807, 2.05) is 0 Å². The number of rotatable bonds is 5. The molecule has 0 saturated carbocycles. The van der Waals surface area contributed by atoms with E-state index >= 15 is 0 Å². The Kier molecular flexibility index (Phi) is 5.52. The highest BCUT2D eigenvalue weighted by Gasteiger charge is 2.26. The predicted octanol–water partition coefficient (Wildman–Crippen LogP) is 0.540. The summed E-state index contributed by atoms with van der Waals surface area (Å²) in [6.45, 7) is 2.14. The van der Waals surface area contributed by atoms with Crippen molar-refractivity contribution in [3.8, 4) is 0 Å². The summed E-state index contributed by atoms with van der Waals surface area (Å²) in [6, 6.07) is 5.03. The standard InChI is InChI=1S/C17H20ClN5O4/c1-9-22-14(12-3-2-10(18)4-13(12)19)5-16(25)23(9)8-15(24)20-6-11-7-21-17(26)27-11/h2-5,11,16,25H,6-8,19H2,1H3,(H,20,24)(H,21,26). The summed E-state index contributed by atoms with van der Waals surface area (Å²) >= 11 is 5.91. The first-order valence-electron chi connectivity index (χ1n) is 8.32. The molecule has 2 aliphatic heterocycles. The first-order chi connectivity index (χ1) is 12.8. The molecule has 27 heavy (non-hydrogen) atoms. The predicted molar refractivity (Wildman–Crippen MR) is 101 cm³/mol. The average molecular weight is 394 g/mol. The minimum Gasteiger partial charge on any atom is -0.442 e. The molecule has 0 aliphatic carbocycles. The van der Waals surface area contributed by atoms with Crippen LogP contribution in [0.2, 0.25) is 5.02 Å². The van der Waals surface area contributed by atoms with Crippen LogP contribution in [0.1, 0.15) is 12.5 Å². The molecule has 2 unspecified atom stereocenters. The number of carbonyl (C=O) groups excluding carboxylic acids is 2. The first kappa shape index (κ1) is 19.0. The van der Waals surface area contributed by atoms with Crippen molar-refractivity contribution in [1.29, 1.82) is 0 Å². The molecule has 1 fully saturated rings. The van der Waals surface area contributed by atoms with Crippen LogP contribution in [0.15, 0.2) is 29.3 Å². The fraction of sp³-hybridized carbons (Fsp3) is 0.353. The minimum absolute atomic E-state index is 0.0928. The number of cyclic esters (lactones) is 1. The molecule has 2 amide bonds. The Balaban J connectivity index is 1.62. The summed E-state index contributed by atoms with van der Waals surface area (Å²) in [5.41, 5.74) is 7.58. The molecule has 0 radical (unpaired) electrons. The quantitative estimate of drug-likeness (QED) is 0.540. The van der Waals surface area contributed by atoms with E-state index in [-0.39, 0.29) is 19.0 Å². The van der Waals surface area contributed by atoms with Gasteiger partial charge in [0.05, 0.1) is 18.8 Å². The number of ether oxygens (including phenoxy) is 1. The van der Waals surface area contributed by atoms with Crippen molar-refractivity contribution in [3.63, 3.8) is 0 Å². The number of nitrogens with one attached hydrogen (secondary N) is 2. The van der Waals surface area contributed by atoms with E-state index in [1.165, 1.54) is 11.0 Å². The molecule has 2 heterocycles. The molecular weight excluding hydrogens is 374 g/mol. The van der Waals surface area contributed by atoms with Gasteiger partial charge in [-0.25, -0.2) is 9.79 Å². The Morgan fingerprint density at radius 1 is 1.56 bits per heavy atom. The molecule has 10 heteroatoms. The molecular formula is C17H20ClN5O4. The van der Waals surface area contributed by atoms with Crippen molar-refractivity contribution < 1.29 is 19.4 Å². The number of aliphatic imine (C=N–C) groups is 1. The lowest BCUT2D eigenvalue weighted by molar-refractivity contribution is -0.123. The maximum Gasteiger partial charge on any atom is 0.407 e. The lowest BCUT2D eigenvalue weighted by Crippen LogP contribution is -2.47. The number of nitrogens with zero attached hydrogens (tertiary/aromatic N) is 2. The van der Waals surface area contributed by atoms with Crippen LogP contribution in [0.3, 0.4) is 0 Å². The summed E-state index contributed by atoms with van der Waals surface area (Å²) in [7, 11) is 0. The number of anilines is 1.